The molecule has 156 valence electrons. The first-order chi connectivity index (χ1) is 12.8. The molecule has 26 heavy (non-hydrogen) atoms. The molecule has 0 aliphatic rings. The predicted octanol–water partition coefficient (Wildman–Crippen LogP) is 6.41. The van der Waals surface area contributed by atoms with E-state index in [0.717, 1.165) is 25.9 Å². The lowest BCUT2D eigenvalue weighted by Gasteiger charge is -2.04. The molecule has 0 aliphatic heterocycles. The fourth-order valence-electron chi connectivity index (χ4n) is 3.15. The second kappa shape index (κ2) is 22.4. The van der Waals surface area contributed by atoms with Crippen molar-refractivity contribution in [3.05, 3.63) is 0 Å². The number of unbranched alkanes of at least 4 members (excludes halogenated alkanes) is 14. The monoisotopic (exact) mass is 372 g/mol. The molecule has 0 fully saturated rings. The smallest absolute Gasteiger partial charge is 0.305 e. The number of rotatable bonds is 21. The fraction of sp³-hybridized carbons (Fsp3) is 0.955. The van der Waals surface area contributed by atoms with Gasteiger partial charge in [0.1, 0.15) is 6.79 Å². The molecule has 0 saturated carbocycles. The predicted molar refractivity (Wildman–Crippen MR) is 108 cm³/mol. The Morgan fingerprint density at radius 1 is 0.654 bits per heavy atom. The zero-order chi connectivity index (χ0) is 19.1. The van der Waals surface area contributed by atoms with E-state index in [1.54, 1.807) is 7.11 Å². The molecule has 4 nitrogen and oxygen atoms in total. The molecule has 0 aromatic carbocycles. The first kappa shape index (κ1) is 25.4. The molecule has 0 amide bonds. The Labute approximate surface area is 162 Å². The van der Waals surface area contributed by atoms with Crippen molar-refractivity contribution in [2.24, 2.45) is 0 Å². The molecule has 0 radical (unpaired) electrons. The van der Waals surface area contributed by atoms with Crippen LogP contribution in [0.5, 0.6) is 0 Å². The Balaban J connectivity index is 3.02. The highest BCUT2D eigenvalue weighted by atomic mass is 16.7. The molecule has 0 heterocycles. The van der Waals surface area contributed by atoms with Crippen molar-refractivity contribution < 1.29 is 19.0 Å². The van der Waals surface area contributed by atoms with E-state index in [-0.39, 0.29) is 5.97 Å². The van der Waals surface area contributed by atoms with Crippen molar-refractivity contribution in [3.8, 4) is 0 Å². The van der Waals surface area contributed by atoms with Crippen LogP contribution in [0.15, 0.2) is 0 Å². The molecule has 0 bridgehead atoms. The average Bonchev–Trinajstić information content (AvgIpc) is 2.64. The maximum absolute atomic E-state index is 11.2. The van der Waals surface area contributed by atoms with E-state index < -0.39 is 0 Å². The van der Waals surface area contributed by atoms with Gasteiger partial charge in [0.2, 0.25) is 0 Å². The SMILES string of the molecule is CCOC(=O)CCCCCCCCCCCCCCCCCOCOC. The number of ether oxygens (including phenoxy) is 3. The number of hydrogen-bond acceptors (Lipinski definition) is 4. The van der Waals surface area contributed by atoms with Crippen molar-refractivity contribution in [1.29, 1.82) is 0 Å². The molecular formula is C22H44O4. The molecule has 0 aromatic rings. The van der Waals surface area contributed by atoms with E-state index in [0.29, 0.717) is 19.8 Å². The molecule has 0 N–H and O–H groups in total. The molecule has 0 unspecified atom stereocenters. The van der Waals surface area contributed by atoms with Crippen LogP contribution in [0.2, 0.25) is 0 Å². The first-order valence-corrected chi connectivity index (χ1v) is 11.0. The van der Waals surface area contributed by atoms with Gasteiger partial charge in [0.25, 0.3) is 0 Å². The van der Waals surface area contributed by atoms with Crippen molar-refractivity contribution in [3.63, 3.8) is 0 Å². The fourth-order valence-corrected chi connectivity index (χ4v) is 3.15. The summed E-state index contributed by atoms with van der Waals surface area (Å²) in [5.41, 5.74) is 0. The van der Waals surface area contributed by atoms with Crippen molar-refractivity contribution >= 4 is 5.97 Å². The molecule has 4 heteroatoms. The summed E-state index contributed by atoms with van der Waals surface area (Å²) in [5.74, 6) is -0.0383. The van der Waals surface area contributed by atoms with Crippen LogP contribution in [0.4, 0.5) is 0 Å². The Bertz CT molecular complexity index is 281. The molecule has 0 saturated heterocycles. The third-order valence-electron chi connectivity index (χ3n) is 4.68. The molecule has 0 atom stereocenters. The quantitative estimate of drug-likeness (QED) is 0.133. The van der Waals surface area contributed by atoms with E-state index in [9.17, 15) is 4.79 Å². The zero-order valence-electron chi connectivity index (χ0n) is 17.6. The minimum absolute atomic E-state index is 0.0383. The number of carbonyl (C=O) groups excluding carboxylic acids is 1. The van der Waals surface area contributed by atoms with E-state index in [2.05, 4.69) is 0 Å². The minimum Gasteiger partial charge on any atom is -0.466 e. The Kier molecular flexibility index (Phi) is 21.9. The van der Waals surface area contributed by atoms with Crippen LogP contribution in [0.1, 0.15) is 110 Å². The van der Waals surface area contributed by atoms with Gasteiger partial charge in [0, 0.05) is 20.1 Å². The summed E-state index contributed by atoms with van der Waals surface area (Å²) in [6, 6.07) is 0. The molecule has 0 spiro atoms. The Hall–Kier alpha value is -0.610. The summed E-state index contributed by atoms with van der Waals surface area (Å²) in [4.78, 5) is 11.2. The third kappa shape index (κ3) is 21.4. The van der Waals surface area contributed by atoms with Gasteiger partial charge in [-0.1, -0.05) is 83.5 Å². The second-order valence-corrected chi connectivity index (χ2v) is 7.17. The van der Waals surface area contributed by atoms with Crippen LogP contribution in [-0.2, 0) is 19.0 Å². The zero-order valence-corrected chi connectivity index (χ0v) is 17.6. The topological polar surface area (TPSA) is 44.8 Å². The normalized spacial score (nSPS) is 11.0. The van der Waals surface area contributed by atoms with Gasteiger partial charge in [0.05, 0.1) is 6.61 Å². The van der Waals surface area contributed by atoms with E-state index >= 15 is 0 Å². The first-order valence-electron chi connectivity index (χ1n) is 11.0. The van der Waals surface area contributed by atoms with Crippen LogP contribution in [0.25, 0.3) is 0 Å². The largest absolute Gasteiger partial charge is 0.466 e. The van der Waals surface area contributed by atoms with Gasteiger partial charge in [0.15, 0.2) is 0 Å². The van der Waals surface area contributed by atoms with Gasteiger partial charge in [-0.2, -0.15) is 0 Å². The van der Waals surface area contributed by atoms with Crippen LogP contribution in [0, 0.1) is 0 Å². The highest BCUT2D eigenvalue weighted by molar-refractivity contribution is 5.69. The number of hydrogen-bond donors (Lipinski definition) is 0. The summed E-state index contributed by atoms with van der Waals surface area (Å²) in [6.45, 7) is 3.62. The van der Waals surface area contributed by atoms with Gasteiger partial charge in [-0.3, -0.25) is 4.79 Å². The van der Waals surface area contributed by atoms with E-state index in [4.69, 9.17) is 14.2 Å². The van der Waals surface area contributed by atoms with Crippen molar-refractivity contribution in [1.82, 2.24) is 0 Å². The molecule has 0 rings (SSSR count). The Morgan fingerprint density at radius 2 is 1.08 bits per heavy atom. The summed E-state index contributed by atoms with van der Waals surface area (Å²) >= 11 is 0. The van der Waals surface area contributed by atoms with Crippen LogP contribution < -0.4 is 0 Å². The molecule has 0 aliphatic carbocycles. The maximum atomic E-state index is 11.2. The van der Waals surface area contributed by atoms with Crippen LogP contribution >= 0.6 is 0 Å². The highest BCUT2D eigenvalue weighted by Gasteiger charge is 2.00. The molecular weight excluding hydrogens is 328 g/mol. The number of esters is 1. The van der Waals surface area contributed by atoms with Gasteiger partial charge >= 0.3 is 5.97 Å². The van der Waals surface area contributed by atoms with Gasteiger partial charge in [-0.15, -0.1) is 0 Å². The standard InChI is InChI=1S/C22H44O4/c1-3-26-22(23)19-17-15-13-11-9-7-5-4-6-8-10-12-14-16-18-20-25-21-24-2/h3-21H2,1-2H3. The summed E-state index contributed by atoms with van der Waals surface area (Å²) in [6.07, 6.45) is 20.2. The van der Waals surface area contributed by atoms with Crippen molar-refractivity contribution in [2.45, 2.75) is 110 Å². The molecule has 0 aromatic heterocycles. The number of methoxy groups -OCH3 is 1. The summed E-state index contributed by atoms with van der Waals surface area (Å²) in [7, 11) is 1.66. The van der Waals surface area contributed by atoms with Crippen molar-refractivity contribution in [2.75, 3.05) is 27.1 Å². The average molecular weight is 373 g/mol. The van der Waals surface area contributed by atoms with E-state index in [1.165, 1.54) is 77.0 Å². The van der Waals surface area contributed by atoms with Gasteiger partial charge in [-0.25, -0.2) is 0 Å². The lowest BCUT2D eigenvalue weighted by Crippen LogP contribution is -2.03. The lowest BCUT2D eigenvalue weighted by atomic mass is 10.0. The summed E-state index contributed by atoms with van der Waals surface area (Å²) < 4.78 is 15.1. The minimum atomic E-state index is -0.0383. The lowest BCUT2D eigenvalue weighted by molar-refractivity contribution is -0.143. The second-order valence-electron chi connectivity index (χ2n) is 7.17. The number of carbonyl (C=O) groups is 1. The summed E-state index contributed by atoms with van der Waals surface area (Å²) in [5, 5.41) is 0. The van der Waals surface area contributed by atoms with Gasteiger partial charge in [-0.05, 0) is 19.8 Å². The maximum Gasteiger partial charge on any atom is 0.305 e. The highest BCUT2D eigenvalue weighted by Crippen LogP contribution is 2.13. The Morgan fingerprint density at radius 3 is 1.50 bits per heavy atom. The van der Waals surface area contributed by atoms with Gasteiger partial charge < -0.3 is 14.2 Å². The third-order valence-corrected chi connectivity index (χ3v) is 4.68. The van der Waals surface area contributed by atoms with Crippen LogP contribution in [0.3, 0.4) is 0 Å². The van der Waals surface area contributed by atoms with Crippen LogP contribution in [-0.4, -0.2) is 33.1 Å². The van der Waals surface area contributed by atoms with E-state index in [1.807, 2.05) is 6.92 Å².